The number of phenolic OH excluding ortho intramolecular Hbond substituents is 3. The average molecular weight is 368 g/mol. The van der Waals surface area contributed by atoms with Gasteiger partial charge >= 0.3 is 0 Å². The van der Waals surface area contributed by atoms with Gasteiger partial charge in [0.2, 0.25) is 11.6 Å². The molecule has 2 atom stereocenters. The normalized spacial score (nSPS) is 25.3. The number of hydrogen-bond donors (Lipinski definition) is 3. The van der Waals surface area contributed by atoms with Crippen LogP contribution in [0.25, 0.3) is 0 Å². The Hall–Kier alpha value is -3.06. The van der Waals surface area contributed by atoms with Gasteiger partial charge in [0.1, 0.15) is 23.0 Å². The van der Waals surface area contributed by atoms with E-state index in [0.717, 1.165) is 18.6 Å². The van der Waals surface area contributed by atoms with Crippen molar-refractivity contribution in [2.75, 3.05) is 0 Å². The SMILES string of the molecule is C[C@]12CCC[C@H](O1)c1c(cc3c(c1O)C(=O)c1c(O)cc(O)cc1C3=O)O2. The summed E-state index contributed by atoms with van der Waals surface area (Å²) in [5, 5.41) is 30.7. The van der Waals surface area contributed by atoms with Gasteiger partial charge in [0, 0.05) is 30.5 Å². The molecule has 0 amide bonds. The van der Waals surface area contributed by atoms with E-state index in [4.69, 9.17) is 9.47 Å². The molecule has 2 aliphatic heterocycles. The van der Waals surface area contributed by atoms with Gasteiger partial charge in [0.05, 0.1) is 22.8 Å². The van der Waals surface area contributed by atoms with E-state index in [-0.39, 0.29) is 33.8 Å². The molecule has 0 saturated carbocycles. The maximum absolute atomic E-state index is 13.0. The summed E-state index contributed by atoms with van der Waals surface area (Å²) < 4.78 is 11.8. The zero-order valence-corrected chi connectivity index (χ0v) is 14.4. The van der Waals surface area contributed by atoms with Crippen LogP contribution in [0.15, 0.2) is 18.2 Å². The molecule has 1 aliphatic carbocycles. The lowest BCUT2D eigenvalue weighted by molar-refractivity contribution is -0.243. The highest BCUT2D eigenvalue weighted by Crippen LogP contribution is 2.53. The van der Waals surface area contributed by atoms with E-state index >= 15 is 0 Å². The van der Waals surface area contributed by atoms with Crippen LogP contribution in [0.3, 0.4) is 0 Å². The van der Waals surface area contributed by atoms with E-state index in [2.05, 4.69) is 0 Å². The molecule has 138 valence electrons. The van der Waals surface area contributed by atoms with Crippen LogP contribution in [-0.2, 0) is 4.74 Å². The van der Waals surface area contributed by atoms with E-state index in [1.807, 2.05) is 0 Å². The summed E-state index contributed by atoms with van der Waals surface area (Å²) in [5.74, 6) is -2.97. The van der Waals surface area contributed by atoms with Gasteiger partial charge in [-0.2, -0.15) is 0 Å². The Labute approximate surface area is 153 Å². The van der Waals surface area contributed by atoms with Gasteiger partial charge < -0.3 is 24.8 Å². The van der Waals surface area contributed by atoms with Crippen molar-refractivity contribution in [3.05, 3.63) is 46.0 Å². The highest BCUT2D eigenvalue weighted by Gasteiger charge is 2.46. The molecule has 3 N–H and O–H groups in total. The van der Waals surface area contributed by atoms with E-state index in [1.54, 1.807) is 6.92 Å². The van der Waals surface area contributed by atoms with Crippen LogP contribution < -0.4 is 4.74 Å². The summed E-state index contributed by atoms with van der Waals surface area (Å²) in [6.07, 6.45) is 1.75. The smallest absolute Gasteiger partial charge is 0.208 e. The Morgan fingerprint density at radius 2 is 1.78 bits per heavy atom. The molecule has 0 unspecified atom stereocenters. The second-order valence-electron chi connectivity index (χ2n) is 7.34. The van der Waals surface area contributed by atoms with Gasteiger partial charge in [-0.25, -0.2) is 0 Å². The second kappa shape index (κ2) is 5.01. The zero-order chi connectivity index (χ0) is 19.1. The molecule has 2 heterocycles. The topological polar surface area (TPSA) is 113 Å². The predicted octanol–water partition coefficient (Wildman–Crippen LogP) is 2.93. The predicted molar refractivity (Wildman–Crippen MR) is 91.5 cm³/mol. The van der Waals surface area contributed by atoms with Crippen molar-refractivity contribution >= 4 is 11.6 Å². The quantitative estimate of drug-likeness (QED) is 0.559. The van der Waals surface area contributed by atoms with E-state index in [9.17, 15) is 24.9 Å². The summed E-state index contributed by atoms with van der Waals surface area (Å²) in [4.78, 5) is 25.9. The third-order valence-corrected chi connectivity index (χ3v) is 5.48. The fourth-order valence-corrected chi connectivity index (χ4v) is 4.30. The number of carbonyl (C=O) groups excluding carboxylic acids is 2. The fraction of sp³-hybridized carbons (Fsp3) is 0.300. The molecule has 2 aromatic carbocycles. The number of fused-ring (bicyclic) bond motifs is 6. The molecule has 2 aromatic rings. The molecule has 0 aromatic heterocycles. The standard InChI is InChI=1S/C20H16O7/c1-20-4-2-3-12(26-20)16-13(27-20)7-10-15(19(16)25)18(24)14-9(17(10)23)5-8(21)6-11(14)22/h5-7,12,21-22,25H,2-4H2,1H3/t12-,20-/m0/s1. The lowest BCUT2D eigenvalue weighted by Gasteiger charge is -2.44. The Balaban J connectivity index is 1.78. The minimum Gasteiger partial charge on any atom is -0.508 e. The largest absolute Gasteiger partial charge is 0.508 e. The number of benzene rings is 2. The molecule has 1 fully saturated rings. The average Bonchev–Trinajstić information content (AvgIpc) is 2.57. The van der Waals surface area contributed by atoms with Gasteiger partial charge in [0.15, 0.2) is 5.78 Å². The van der Waals surface area contributed by atoms with E-state index < -0.39 is 29.2 Å². The van der Waals surface area contributed by atoms with E-state index in [0.29, 0.717) is 24.2 Å². The summed E-state index contributed by atoms with van der Waals surface area (Å²) in [6.45, 7) is 1.80. The van der Waals surface area contributed by atoms with Crippen molar-refractivity contribution in [2.45, 2.75) is 38.1 Å². The lowest BCUT2D eigenvalue weighted by atomic mass is 9.80. The van der Waals surface area contributed by atoms with E-state index in [1.165, 1.54) is 6.07 Å². The first-order valence-corrected chi connectivity index (χ1v) is 8.71. The molecule has 7 nitrogen and oxygen atoms in total. The summed E-state index contributed by atoms with van der Waals surface area (Å²) in [6, 6.07) is 3.58. The number of rotatable bonds is 0. The van der Waals surface area contributed by atoms with Gasteiger partial charge in [-0.15, -0.1) is 0 Å². The molecule has 5 rings (SSSR count). The van der Waals surface area contributed by atoms with Crippen molar-refractivity contribution in [2.24, 2.45) is 0 Å². The lowest BCUT2D eigenvalue weighted by Crippen LogP contribution is -2.44. The van der Waals surface area contributed by atoms with Crippen LogP contribution >= 0.6 is 0 Å². The van der Waals surface area contributed by atoms with Gasteiger partial charge in [0.25, 0.3) is 0 Å². The minimum absolute atomic E-state index is 0.0164. The second-order valence-corrected chi connectivity index (χ2v) is 7.34. The van der Waals surface area contributed by atoms with Crippen molar-refractivity contribution in [3.63, 3.8) is 0 Å². The number of ether oxygens (including phenoxy) is 2. The first-order chi connectivity index (χ1) is 12.8. The van der Waals surface area contributed by atoms with Crippen LogP contribution in [0.2, 0.25) is 0 Å². The number of phenols is 3. The molecule has 0 spiro atoms. The molecule has 2 bridgehead atoms. The Kier molecular flexibility index (Phi) is 3.00. The molecule has 0 radical (unpaired) electrons. The van der Waals surface area contributed by atoms with Crippen LogP contribution in [0, 0.1) is 0 Å². The monoisotopic (exact) mass is 368 g/mol. The Bertz CT molecular complexity index is 1060. The first kappa shape index (κ1) is 16.1. The number of carbonyl (C=O) groups is 2. The fourth-order valence-electron chi connectivity index (χ4n) is 4.30. The molecule has 27 heavy (non-hydrogen) atoms. The van der Waals surface area contributed by atoms with Crippen molar-refractivity contribution in [1.29, 1.82) is 0 Å². The van der Waals surface area contributed by atoms with Gasteiger partial charge in [-0.1, -0.05) is 0 Å². The third kappa shape index (κ3) is 2.06. The van der Waals surface area contributed by atoms with Crippen molar-refractivity contribution in [3.8, 4) is 23.0 Å². The number of hydrogen-bond acceptors (Lipinski definition) is 7. The molecule has 7 heteroatoms. The Morgan fingerprint density at radius 3 is 2.56 bits per heavy atom. The molecule has 3 aliphatic rings. The maximum Gasteiger partial charge on any atom is 0.208 e. The molecular formula is C20H16O7. The van der Waals surface area contributed by atoms with Crippen LogP contribution in [0.5, 0.6) is 23.0 Å². The minimum atomic E-state index is -0.841. The summed E-state index contributed by atoms with van der Waals surface area (Å²) in [5.41, 5.74) is -0.172. The Morgan fingerprint density at radius 1 is 1.04 bits per heavy atom. The van der Waals surface area contributed by atoms with Crippen LogP contribution in [-0.4, -0.2) is 32.7 Å². The van der Waals surface area contributed by atoms with Crippen molar-refractivity contribution in [1.82, 2.24) is 0 Å². The molecular weight excluding hydrogens is 352 g/mol. The summed E-state index contributed by atoms with van der Waals surface area (Å²) >= 11 is 0. The van der Waals surface area contributed by atoms with Crippen LogP contribution in [0.1, 0.15) is 69.7 Å². The number of aromatic hydroxyl groups is 3. The highest BCUT2D eigenvalue weighted by molar-refractivity contribution is 6.30. The molecule has 1 saturated heterocycles. The summed E-state index contributed by atoms with van der Waals surface area (Å²) in [7, 11) is 0. The number of ketones is 2. The van der Waals surface area contributed by atoms with Gasteiger partial charge in [-0.3, -0.25) is 9.59 Å². The first-order valence-electron chi connectivity index (χ1n) is 8.71. The zero-order valence-electron chi connectivity index (χ0n) is 14.4. The van der Waals surface area contributed by atoms with Gasteiger partial charge in [-0.05, 0) is 25.0 Å². The maximum atomic E-state index is 13.0. The van der Waals surface area contributed by atoms with Crippen LogP contribution in [0.4, 0.5) is 0 Å². The highest BCUT2D eigenvalue weighted by atomic mass is 16.7. The van der Waals surface area contributed by atoms with Crippen molar-refractivity contribution < 1.29 is 34.4 Å². The third-order valence-electron chi connectivity index (χ3n) is 5.48.